The number of pyridine rings is 1. The molecule has 5 rings (SSSR count). The highest BCUT2D eigenvalue weighted by Gasteiger charge is 2.25. The predicted molar refractivity (Wildman–Crippen MR) is 136 cm³/mol. The smallest absolute Gasteiger partial charge is 0.232 e. The average Bonchev–Trinajstić information content (AvgIpc) is 3.56. The average molecular weight is 527 g/mol. The Labute approximate surface area is 212 Å². The van der Waals surface area contributed by atoms with Crippen LogP contribution in [0.25, 0.3) is 22.2 Å². The minimum Gasteiger partial charge on any atom is -0.345 e. The first kappa shape index (κ1) is 24.8. The molecule has 2 N–H and O–H groups in total. The summed E-state index contributed by atoms with van der Waals surface area (Å²) in [6.07, 6.45) is 8.85. The molecule has 0 aliphatic carbocycles. The molecule has 37 heavy (non-hydrogen) atoms. The van der Waals surface area contributed by atoms with Crippen LogP contribution in [-0.2, 0) is 10.0 Å². The zero-order chi connectivity index (χ0) is 26.2. The summed E-state index contributed by atoms with van der Waals surface area (Å²) in [6.45, 7) is 3.46. The molecule has 1 aliphatic rings. The van der Waals surface area contributed by atoms with Crippen molar-refractivity contribution in [3.05, 3.63) is 65.7 Å². The maximum Gasteiger partial charge on any atom is 0.232 e. The van der Waals surface area contributed by atoms with E-state index in [2.05, 4.69) is 24.8 Å². The van der Waals surface area contributed by atoms with E-state index in [1.165, 1.54) is 6.20 Å². The van der Waals surface area contributed by atoms with E-state index in [-0.39, 0.29) is 17.7 Å². The van der Waals surface area contributed by atoms with E-state index in [1.807, 2.05) is 4.72 Å². The summed E-state index contributed by atoms with van der Waals surface area (Å²) in [7, 11) is -3.98. The quantitative estimate of drug-likeness (QED) is 0.329. The molecule has 0 unspecified atom stereocenters. The Morgan fingerprint density at radius 2 is 1.76 bits per heavy atom. The van der Waals surface area contributed by atoms with Gasteiger partial charge in [-0.2, -0.15) is 0 Å². The van der Waals surface area contributed by atoms with E-state index in [0.717, 1.165) is 38.1 Å². The van der Waals surface area contributed by atoms with Crippen molar-refractivity contribution in [2.24, 2.45) is 0 Å². The molecule has 12 heteroatoms. The highest BCUT2D eigenvalue weighted by atomic mass is 32.2. The number of aromatic nitrogens is 4. The summed E-state index contributed by atoms with van der Waals surface area (Å²) >= 11 is 0. The molecule has 0 saturated carbocycles. The molecule has 1 aliphatic heterocycles. The number of carbonyl (C=O) groups is 1. The van der Waals surface area contributed by atoms with Crippen molar-refractivity contribution in [2.75, 3.05) is 28.5 Å². The number of benzene rings is 1. The van der Waals surface area contributed by atoms with Gasteiger partial charge in [0, 0.05) is 60.0 Å². The summed E-state index contributed by atoms with van der Waals surface area (Å²) in [5, 5.41) is 0.419. The van der Waals surface area contributed by atoms with Crippen molar-refractivity contribution < 1.29 is 22.0 Å². The second-order valence-corrected chi connectivity index (χ2v) is 10.7. The molecule has 192 valence electrons. The summed E-state index contributed by atoms with van der Waals surface area (Å²) in [4.78, 5) is 31.6. The normalized spacial score (nSPS) is 13.9. The first-order valence-corrected chi connectivity index (χ1v) is 13.5. The van der Waals surface area contributed by atoms with Crippen molar-refractivity contribution in [1.82, 2.24) is 19.9 Å². The van der Waals surface area contributed by atoms with Crippen LogP contribution in [0.15, 0.2) is 43.0 Å². The summed E-state index contributed by atoms with van der Waals surface area (Å²) < 4.78 is 55.7. The molecule has 1 saturated heterocycles. The van der Waals surface area contributed by atoms with E-state index in [9.17, 15) is 17.6 Å². The van der Waals surface area contributed by atoms with Crippen molar-refractivity contribution in [3.63, 3.8) is 0 Å². The predicted octanol–water partition coefficient (Wildman–Crippen LogP) is 4.28. The van der Waals surface area contributed by atoms with Gasteiger partial charge in [-0.05, 0) is 37.5 Å². The number of hydrogen-bond donors (Lipinski definition) is 2. The maximum absolute atomic E-state index is 15.2. The fraction of sp³-hybridized carbons (Fsp3) is 0.280. The first-order chi connectivity index (χ1) is 17.8. The molecule has 1 fully saturated rings. The lowest BCUT2D eigenvalue weighted by molar-refractivity contribution is 0.103. The molecular formula is C25H24F2N6O3S. The van der Waals surface area contributed by atoms with Gasteiger partial charge in [-0.3, -0.25) is 9.52 Å². The van der Waals surface area contributed by atoms with Crippen LogP contribution >= 0.6 is 0 Å². The lowest BCUT2D eigenvalue weighted by Crippen LogP contribution is -2.20. The lowest BCUT2D eigenvalue weighted by Gasteiger charge is -2.14. The lowest BCUT2D eigenvalue weighted by atomic mass is 10.0. The zero-order valence-corrected chi connectivity index (χ0v) is 20.8. The van der Waals surface area contributed by atoms with Gasteiger partial charge in [0.05, 0.1) is 11.3 Å². The molecule has 1 aromatic carbocycles. The number of H-pyrrole nitrogens is 1. The van der Waals surface area contributed by atoms with E-state index in [4.69, 9.17) is 0 Å². The fourth-order valence-electron chi connectivity index (χ4n) is 4.34. The van der Waals surface area contributed by atoms with Crippen molar-refractivity contribution >= 4 is 38.5 Å². The van der Waals surface area contributed by atoms with Crippen LogP contribution in [0.5, 0.6) is 0 Å². The van der Waals surface area contributed by atoms with Gasteiger partial charge < -0.3 is 9.88 Å². The van der Waals surface area contributed by atoms with Crippen molar-refractivity contribution in [3.8, 4) is 11.1 Å². The molecule has 4 heterocycles. The molecule has 4 aromatic rings. The van der Waals surface area contributed by atoms with Crippen LogP contribution in [0, 0.1) is 11.6 Å². The minimum absolute atomic E-state index is 0.104. The highest BCUT2D eigenvalue weighted by molar-refractivity contribution is 7.92. The largest absolute Gasteiger partial charge is 0.345 e. The minimum atomic E-state index is -3.98. The third kappa shape index (κ3) is 4.88. The fourth-order valence-corrected chi connectivity index (χ4v) is 5.48. The first-order valence-electron chi connectivity index (χ1n) is 11.8. The number of anilines is 2. The molecular weight excluding hydrogens is 502 g/mol. The van der Waals surface area contributed by atoms with Crippen molar-refractivity contribution in [1.29, 1.82) is 0 Å². The number of halogens is 2. The second-order valence-electron chi connectivity index (χ2n) is 8.82. The molecule has 0 spiro atoms. The summed E-state index contributed by atoms with van der Waals surface area (Å²) in [5.41, 5.74) is 0.493. The third-order valence-electron chi connectivity index (χ3n) is 6.20. The Kier molecular flexibility index (Phi) is 6.59. The van der Waals surface area contributed by atoms with Gasteiger partial charge >= 0.3 is 0 Å². The van der Waals surface area contributed by atoms with Gasteiger partial charge in [0.15, 0.2) is 11.6 Å². The van der Waals surface area contributed by atoms with E-state index < -0.39 is 38.7 Å². The van der Waals surface area contributed by atoms with E-state index >= 15 is 4.39 Å². The third-order valence-corrected chi connectivity index (χ3v) is 7.66. The number of aromatic amines is 1. The van der Waals surface area contributed by atoms with E-state index in [0.29, 0.717) is 28.1 Å². The molecule has 3 aromatic heterocycles. The molecule has 0 atom stereocenters. The topological polar surface area (TPSA) is 121 Å². The van der Waals surface area contributed by atoms with Crippen molar-refractivity contribution in [2.45, 2.75) is 26.2 Å². The van der Waals surface area contributed by atoms with Crippen LogP contribution in [0.3, 0.4) is 0 Å². The van der Waals surface area contributed by atoms with Gasteiger partial charge in [-0.1, -0.05) is 6.92 Å². The number of hydrogen-bond acceptors (Lipinski definition) is 7. The van der Waals surface area contributed by atoms with E-state index in [1.54, 1.807) is 31.6 Å². The molecule has 9 nitrogen and oxygen atoms in total. The number of carbonyl (C=O) groups excluding carboxylic acids is 1. The van der Waals surface area contributed by atoms with Crippen LogP contribution in [0.2, 0.25) is 0 Å². The maximum atomic E-state index is 15.2. The SMILES string of the molecule is CCCS(=O)(=O)Nc1c(F)ccc(C(=O)c2c[nH]c3ncc(-c4cnc(N5CCCC5)nc4)cc23)c1F. The summed E-state index contributed by atoms with van der Waals surface area (Å²) in [6, 6.07) is 3.57. The van der Waals surface area contributed by atoms with Gasteiger partial charge in [-0.15, -0.1) is 0 Å². The van der Waals surface area contributed by atoms with Crippen LogP contribution in [0.4, 0.5) is 20.4 Å². The van der Waals surface area contributed by atoms with Gasteiger partial charge in [0.25, 0.3) is 0 Å². The Morgan fingerprint density at radius 3 is 2.46 bits per heavy atom. The van der Waals surface area contributed by atoms with Crippen LogP contribution in [-0.4, -0.2) is 53.0 Å². The number of fused-ring (bicyclic) bond motifs is 1. The standard InChI is InChI=1S/C25H24F2N6O3S/c1-2-9-37(35,36)32-22-20(26)6-5-17(21(22)27)23(34)19-14-29-24-18(19)10-15(11-28-24)16-12-30-25(31-13-16)33-7-3-4-8-33/h5-6,10-14,32H,2-4,7-9H2,1H3,(H,28,29). The number of nitrogens with one attached hydrogen (secondary N) is 2. The summed E-state index contributed by atoms with van der Waals surface area (Å²) in [5.74, 6) is -2.81. The molecule has 0 amide bonds. The number of ketones is 1. The molecule has 0 radical (unpaired) electrons. The van der Waals surface area contributed by atoms with Gasteiger partial charge in [0.1, 0.15) is 17.2 Å². The van der Waals surface area contributed by atoms with Gasteiger partial charge in [-0.25, -0.2) is 32.2 Å². The number of sulfonamides is 1. The molecule has 0 bridgehead atoms. The highest BCUT2D eigenvalue weighted by Crippen LogP contribution is 2.29. The van der Waals surface area contributed by atoms with Gasteiger partial charge in [0.2, 0.25) is 16.0 Å². The second kappa shape index (κ2) is 9.85. The van der Waals surface area contributed by atoms with Crippen LogP contribution < -0.4 is 9.62 Å². The Balaban J connectivity index is 1.48. The Bertz CT molecular complexity index is 1580. The Morgan fingerprint density at radius 1 is 1.05 bits per heavy atom. The van der Waals surface area contributed by atoms with Crippen LogP contribution in [0.1, 0.15) is 42.1 Å². The number of nitrogens with zero attached hydrogens (tertiary/aromatic N) is 4. The monoisotopic (exact) mass is 526 g/mol. The number of rotatable bonds is 8. The zero-order valence-electron chi connectivity index (χ0n) is 20.0. The Hall–Kier alpha value is -3.93.